The zero-order chi connectivity index (χ0) is 21.3. The lowest BCUT2D eigenvalue weighted by molar-refractivity contribution is 0.0862. The van der Waals surface area contributed by atoms with Crippen molar-refractivity contribution in [1.82, 2.24) is 0 Å². The van der Waals surface area contributed by atoms with E-state index in [1.807, 2.05) is 0 Å². The smallest absolute Gasteiger partial charge is 0.184 e. The average molecular weight is 428 g/mol. The molecule has 0 aromatic heterocycles. The van der Waals surface area contributed by atoms with Crippen LogP contribution >= 0.6 is 0 Å². The van der Waals surface area contributed by atoms with Gasteiger partial charge in [-0.2, -0.15) is 0 Å². The molecule has 0 radical (unpaired) electrons. The van der Waals surface area contributed by atoms with Crippen molar-refractivity contribution in [2.24, 2.45) is 0 Å². The van der Waals surface area contributed by atoms with Crippen molar-refractivity contribution in [3.05, 3.63) is 52.8 Å². The highest BCUT2D eigenvalue weighted by Crippen LogP contribution is 2.47. The van der Waals surface area contributed by atoms with Gasteiger partial charge in [-0.3, -0.25) is 0 Å². The van der Waals surface area contributed by atoms with Crippen LogP contribution in [0.4, 0.5) is 30.2 Å². The van der Waals surface area contributed by atoms with Crippen LogP contribution in [0, 0.1) is 31.3 Å². The van der Waals surface area contributed by atoms with Crippen LogP contribution in [0.5, 0.6) is 0 Å². The van der Waals surface area contributed by atoms with Gasteiger partial charge < -0.3 is 20.3 Å². The fourth-order valence-electron chi connectivity index (χ4n) is 3.16. The topological polar surface area (TPSA) is 81.6 Å². The predicted octanol–water partition coefficient (Wildman–Crippen LogP) is 3.82. The molecule has 5 nitrogen and oxygen atoms in total. The third-order valence-electron chi connectivity index (χ3n) is 5.02. The number of aryl methyl sites for hydroxylation is 2. The van der Waals surface area contributed by atoms with E-state index in [0.29, 0.717) is 18.4 Å². The van der Waals surface area contributed by atoms with Crippen molar-refractivity contribution >= 4 is 28.0 Å². The van der Waals surface area contributed by atoms with E-state index in [9.17, 15) is 22.5 Å². The number of hydrogen-bond donors (Lipinski definition) is 4. The molecule has 2 aromatic rings. The molecule has 4 N–H and O–H groups in total. The first kappa shape index (κ1) is 21.6. The fourth-order valence-corrected chi connectivity index (χ4v) is 4.64. The Kier molecular flexibility index (Phi) is 6.21. The van der Waals surface area contributed by atoms with Gasteiger partial charge in [0.15, 0.2) is 11.6 Å². The molecule has 2 atom stereocenters. The fraction of sp³-hybridized carbons (Fsp3) is 0.400. The van der Waals surface area contributed by atoms with E-state index >= 15 is 0 Å². The average Bonchev–Trinajstić information content (AvgIpc) is 3.44. The van der Waals surface area contributed by atoms with Crippen molar-refractivity contribution < 1.29 is 27.6 Å². The first-order valence-corrected chi connectivity index (χ1v) is 10.3. The molecule has 0 aliphatic heterocycles. The second-order valence-electron chi connectivity index (χ2n) is 7.44. The van der Waals surface area contributed by atoms with Crippen LogP contribution in [0.15, 0.2) is 24.3 Å². The SMILES string of the molecule is Cc1ccc(Nc2c(F)c(F)cc(C)c2NS(=O)C2(CC(O)CO)CC2)c(F)c1. The molecule has 2 unspecified atom stereocenters. The zero-order valence-corrected chi connectivity index (χ0v) is 16.9. The number of aliphatic hydroxyl groups excluding tert-OH is 2. The number of rotatable bonds is 8. The third kappa shape index (κ3) is 4.57. The van der Waals surface area contributed by atoms with Gasteiger partial charge >= 0.3 is 0 Å². The minimum atomic E-state index is -1.74. The van der Waals surface area contributed by atoms with Crippen molar-refractivity contribution in [2.45, 2.75) is 44.0 Å². The Labute approximate surface area is 169 Å². The lowest BCUT2D eigenvalue weighted by Crippen LogP contribution is -2.30. The maximum Gasteiger partial charge on any atom is 0.184 e. The van der Waals surface area contributed by atoms with Crippen LogP contribution in [-0.2, 0) is 11.0 Å². The summed E-state index contributed by atoms with van der Waals surface area (Å²) in [5.41, 5.74) is 0.599. The molecule has 0 amide bonds. The number of nitrogens with one attached hydrogen (secondary N) is 2. The van der Waals surface area contributed by atoms with Gasteiger partial charge in [-0.15, -0.1) is 0 Å². The number of aliphatic hydroxyl groups is 2. The van der Waals surface area contributed by atoms with Gasteiger partial charge in [0.05, 0.1) is 28.8 Å². The van der Waals surface area contributed by atoms with Crippen molar-refractivity contribution in [2.75, 3.05) is 16.6 Å². The van der Waals surface area contributed by atoms with E-state index in [4.69, 9.17) is 5.11 Å². The number of benzene rings is 2. The van der Waals surface area contributed by atoms with Crippen LogP contribution in [0.2, 0.25) is 0 Å². The Bertz CT molecular complexity index is 951. The van der Waals surface area contributed by atoms with Crippen LogP contribution in [0.1, 0.15) is 30.4 Å². The summed E-state index contributed by atoms with van der Waals surface area (Å²) in [6.07, 6.45) is 0.207. The maximum atomic E-state index is 14.6. The van der Waals surface area contributed by atoms with Crippen LogP contribution in [-0.4, -0.2) is 31.9 Å². The minimum absolute atomic E-state index is 0.0481. The van der Waals surface area contributed by atoms with Gasteiger partial charge in [-0.25, -0.2) is 17.4 Å². The molecule has 2 aromatic carbocycles. The molecule has 0 spiro atoms. The Balaban J connectivity index is 1.94. The van der Waals surface area contributed by atoms with Gasteiger partial charge in [-0.1, -0.05) is 6.07 Å². The van der Waals surface area contributed by atoms with Crippen molar-refractivity contribution in [3.63, 3.8) is 0 Å². The summed E-state index contributed by atoms with van der Waals surface area (Å²) >= 11 is 0. The predicted molar refractivity (Wildman–Crippen MR) is 107 cm³/mol. The number of hydrogen-bond acceptors (Lipinski definition) is 4. The largest absolute Gasteiger partial charge is 0.394 e. The Morgan fingerprint density at radius 1 is 1.14 bits per heavy atom. The second kappa shape index (κ2) is 8.33. The molecular weight excluding hydrogens is 405 g/mol. The third-order valence-corrected chi connectivity index (χ3v) is 6.77. The summed E-state index contributed by atoms with van der Waals surface area (Å²) in [5.74, 6) is -2.98. The Hall–Kier alpha value is -2.10. The molecule has 0 bridgehead atoms. The normalized spacial score (nSPS) is 16.9. The minimum Gasteiger partial charge on any atom is -0.394 e. The number of halogens is 3. The van der Waals surface area contributed by atoms with E-state index in [1.165, 1.54) is 19.1 Å². The lowest BCUT2D eigenvalue weighted by atomic mass is 10.1. The summed E-state index contributed by atoms with van der Waals surface area (Å²) in [5, 5.41) is 21.3. The summed E-state index contributed by atoms with van der Waals surface area (Å²) in [4.78, 5) is 0. The maximum absolute atomic E-state index is 14.6. The molecule has 158 valence electrons. The molecule has 0 heterocycles. The molecule has 1 saturated carbocycles. The van der Waals surface area contributed by atoms with Gasteiger partial charge in [0.1, 0.15) is 22.5 Å². The summed E-state index contributed by atoms with van der Waals surface area (Å²) < 4.78 is 57.7. The van der Waals surface area contributed by atoms with Crippen LogP contribution in [0.3, 0.4) is 0 Å². The van der Waals surface area contributed by atoms with E-state index in [1.54, 1.807) is 13.0 Å². The van der Waals surface area contributed by atoms with Gasteiger partial charge in [0.2, 0.25) is 0 Å². The highest BCUT2D eigenvalue weighted by molar-refractivity contribution is 7.88. The van der Waals surface area contributed by atoms with Crippen molar-refractivity contribution in [1.29, 1.82) is 0 Å². The molecule has 3 rings (SSSR count). The molecule has 9 heteroatoms. The molecule has 0 saturated heterocycles. The molecule has 1 fully saturated rings. The molecule has 1 aliphatic carbocycles. The zero-order valence-electron chi connectivity index (χ0n) is 16.1. The van der Waals surface area contributed by atoms with Crippen LogP contribution in [0.25, 0.3) is 0 Å². The van der Waals surface area contributed by atoms with E-state index in [0.717, 1.165) is 6.07 Å². The second-order valence-corrected chi connectivity index (χ2v) is 9.05. The summed E-state index contributed by atoms with van der Waals surface area (Å²) in [6.45, 7) is 2.76. The molecule has 29 heavy (non-hydrogen) atoms. The lowest BCUT2D eigenvalue weighted by Gasteiger charge is -2.22. The van der Waals surface area contributed by atoms with Gasteiger partial charge in [0.25, 0.3) is 0 Å². The van der Waals surface area contributed by atoms with Crippen molar-refractivity contribution in [3.8, 4) is 0 Å². The molecule has 1 aliphatic rings. The highest BCUT2D eigenvalue weighted by atomic mass is 32.2. The van der Waals surface area contributed by atoms with Gasteiger partial charge in [0, 0.05) is 0 Å². The summed E-state index contributed by atoms with van der Waals surface area (Å²) in [6, 6.07) is 5.25. The van der Waals surface area contributed by atoms with E-state index in [2.05, 4.69) is 10.0 Å². The first-order chi connectivity index (χ1) is 13.7. The Morgan fingerprint density at radius 3 is 2.41 bits per heavy atom. The monoisotopic (exact) mass is 428 g/mol. The van der Waals surface area contributed by atoms with E-state index in [-0.39, 0.29) is 29.0 Å². The standard InChI is InChI=1S/C20H23F3N2O3S/c1-11-3-4-16(14(21)7-11)24-19-17(23)15(22)8-12(2)18(19)25-29(28)20(5-6-20)9-13(27)10-26/h3-4,7-8,13,24-27H,5-6,9-10H2,1-2H3. The first-order valence-electron chi connectivity index (χ1n) is 9.16. The highest BCUT2D eigenvalue weighted by Gasteiger charge is 2.50. The quantitative estimate of drug-likeness (QED) is 0.515. The van der Waals surface area contributed by atoms with Crippen LogP contribution < -0.4 is 10.0 Å². The summed E-state index contributed by atoms with van der Waals surface area (Å²) in [7, 11) is -1.74. The van der Waals surface area contributed by atoms with Gasteiger partial charge in [-0.05, 0) is 62.4 Å². The van der Waals surface area contributed by atoms with E-state index < -0.39 is 45.9 Å². The molecular formula is C20H23F3N2O3S. The number of anilines is 3. The Morgan fingerprint density at radius 2 is 1.83 bits per heavy atom.